The molecular weight excluding hydrogens is 231 g/mol. The second-order valence-corrected chi connectivity index (χ2v) is 3.99. The molecule has 0 saturated heterocycles. The zero-order chi connectivity index (χ0) is 11.5. The number of carboxylic acid groups (broad SMARTS) is 1. The van der Waals surface area contributed by atoms with Crippen molar-refractivity contribution in [1.29, 1.82) is 0 Å². The fourth-order valence-electron chi connectivity index (χ4n) is 1.28. The van der Waals surface area contributed by atoms with Gasteiger partial charge in [-0.1, -0.05) is 16.6 Å². The molecule has 1 aromatic heterocycles. The van der Waals surface area contributed by atoms with E-state index in [2.05, 4.69) is 9.59 Å². The average molecular weight is 238 g/mol. The predicted octanol–water partition coefficient (Wildman–Crippen LogP) is 1.97. The van der Waals surface area contributed by atoms with Crippen molar-refractivity contribution in [2.24, 2.45) is 0 Å². The van der Waals surface area contributed by atoms with Gasteiger partial charge in [-0.05, 0) is 29.2 Å². The maximum atomic E-state index is 12.7. The standard InChI is InChI=1S/C10H7FN2O2S/c11-7-3-1-6(2-4-7)5-8-9(10(14)15)12-13-16-8/h1-4H,5H2,(H,14,15). The molecular formula is C10H7FN2O2S. The van der Waals surface area contributed by atoms with Gasteiger partial charge in [-0.3, -0.25) is 0 Å². The highest BCUT2D eigenvalue weighted by Crippen LogP contribution is 2.16. The van der Waals surface area contributed by atoms with Crippen molar-refractivity contribution in [2.45, 2.75) is 6.42 Å². The van der Waals surface area contributed by atoms with Gasteiger partial charge in [0.1, 0.15) is 5.82 Å². The number of hydrogen-bond acceptors (Lipinski definition) is 4. The Morgan fingerprint density at radius 1 is 1.38 bits per heavy atom. The van der Waals surface area contributed by atoms with Gasteiger partial charge in [0, 0.05) is 6.42 Å². The lowest BCUT2D eigenvalue weighted by Gasteiger charge is -1.98. The van der Waals surface area contributed by atoms with E-state index in [1.165, 1.54) is 12.1 Å². The SMILES string of the molecule is O=C(O)c1nnsc1Cc1ccc(F)cc1. The van der Waals surface area contributed by atoms with Crippen LogP contribution in [0.15, 0.2) is 24.3 Å². The number of benzene rings is 1. The van der Waals surface area contributed by atoms with E-state index in [1.807, 2.05) is 0 Å². The molecule has 1 heterocycles. The number of aromatic nitrogens is 2. The fraction of sp³-hybridized carbons (Fsp3) is 0.100. The minimum Gasteiger partial charge on any atom is -0.476 e. The smallest absolute Gasteiger partial charge is 0.357 e. The molecule has 1 N–H and O–H groups in total. The van der Waals surface area contributed by atoms with E-state index in [9.17, 15) is 9.18 Å². The third kappa shape index (κ3) is 2.22. The highest BCUT2D eigenvalue weighted by atomic mass is 32.1. The Balaban J connectivity index is 2.23. The molecule has 16 heavy (non-hydrogen) atoms. The Bertz CT molecular complexity index is 510. The van der Waals surface area contributed by atoms with Crippen molar-refractivity contribution >= 4 is 17.5 Å². The lowest BCUT2D eigenvalue weighted by molar-refractivity contribution is 0.0689. The van der Waals surface area contributed by atoms with Gasteiger partial charge in [-0.25, -0.2) is 9.18 Å². The van der Waals surface area contributed by atoms with E-state index in [0.717, 1.165) is 17.1 Å². The largest absolute Gasteiger partial charge is 0.476 e. The second kappa shape index (κ2) is 4.36. The Morgan fingerprint density at radius 2 is 2.06 bits per heavy atom. The van der Waals surface area contributed by atoms with Crippen molar-refractivity contribution in [2.75, 3.05) is 0 Å². The van der Waals surface area contributed by atoms with Gasteiger partial charge in [0.15, 0.2) is 5.69 Å². The van der Waals surface area contributed by atoms with Gasteiger partial charge in [0.05, 0.1) is 4.88 Å². The molecule has 0 spiro atoms. The normalized spacial score (nSPS) is 10.3. The van der Waals surface area contributed by atoms with E-state index >= 15 is 0 Å². The van der Waals surface area contributed by atoms with Crippen LogP contribution in [0.1, 0.15) is 20.9 Å². The highest BCUT2D eigenvalue weighted by molar-refractivity contribution is 7.05. The Morgan fingerprint density at radius 3 is 2.69 bits per heavy atom. The van der Waals surface area contributed by atoms with Crippen molar-refractivity contribution in [3.8, 4) is 0 Å². The van der Waals surface area contributed by atoms with E-state index < -0.39 is 5.97 Å². The molecule has 0 aliphatic heterocycles. The first-order chi connectivity index (χ1) is 7.66. The third-order valence-corrected chi connectivity index (χ3v) is 2.76. The number of aromatic carboxylic acids is 1. The van der Waals surface area contributed by atoms with Crippen LogP contribution in [-0.4, -0.2) is 20.7 Å². The van der Waals surface area contributed by atoms with Gasteiger partial charge in [0.2, 0.25) is 0 Å². The van der Waals surface area contributed by atoms with Gasteiger partial charge in [-0.15, -0.1) is 5.10 Å². The summed E-state index contributed by atoms with van der Waals surface area (Å²) in [6.45, 7) is 0. The number of carboxylic acids is 1. The molecule has 0 fully saturated rings. The van der Waals surface area contributed by atoms with Crippen LogP contribution in [0.5, 0.6) is 0 Å². The van der Waals surface area contributed by atoms with Crippen molar-refractivity contribution in [3.05, 3.63) is 46.2 Å². The predicted molar refractivity (Wildman–Crippen MR) is 56.1 cm³/mol. The second-order valence-electron chi connectivity index (χ2n) is 3.15. The summed E-state index contributed by atoms with van der Waals surface area (Å²) in [7, 11) is 0. The molecule has 0 saturated carbocycles. The summed E-state index contributed by atoms with van der Waals surface area (Å²) in [6, 6.07) is 5.90. The van der Waals surface area contributed by atoms with Crippen LogP contribution in [0.4, 0.5) is 4.39 Å². The van der Waals surface area contributed by atoms with Crippen LogP contribution in [0.2, 0.25) is 0 Å². The maximum absolute atomic E-state index is 12.7. The molecule has 4 nitrogen and oxygen atoms in total. The van der Waals surface area contributed by atoms with Crippen molar-refractivity contribution in [3.63, 3.8) is 0 Å². The Labute approximate surface area is 94.5 Å². The van der Waals surface area contributed by atoms with Gasteiger partial charge in [-0.2, -0.15) is 0 Å². The van der Waals surface area contributed by atoms with Gasteiger partial charge < -0.3 is 5.11 Å². The first kappa shape index (κ1) is 10.7. The minimum atomic E-state index is -1.09. The number of carbonyl (C=O) groups is 1. The van der Waals surface area contributed by atoms with Gasteiger partial charge in [0.25, 0.3) is 0 Å². The molecule has 82 valence electrons. The van der Waals surface area contributed by atoms with Crippen molar-refractivity contribution < 1.29 is 14.3 Å². The molecule has 0 unspecified atom stereocenters. The summed E-state index contributed by atoms with van der Waals surface area (Å²) in [6.07, 6.45) is 0.402. The Kier molecular flexibility index (Phi) is 2.91. The summed E-state index contributed by atoms with van der Waals surface area (Å²) in [5.41, 5.74) is 0.796. The number of rotatable bonds is 3. The van der Waals surface area contributed by atoms with Crippen LogP contribution < -0.4 is 0 Å². The monoisotopic (exact) mass is 238 g/mol. The van der Waals surface area contributed by atoms with E-state index in [0.29, 0.717) is 11.3 Å². The summed E-state index contributed by atoms with van der Waals surface area (Å²) >= 11 is 1.04. The summed E-state index contributed by atoms with van der Waals surface area (Å²) in [4.78, 5) is 11.3. The zero-order valence-corrected chi connectivity index (χ0v) is 8.87. The van der Waals surface area contributed by atoms with Crippen LogP contribution in [0.25, 0.3) is 0 Å². The molecule has 6 heteroatoms. The lowest BCUT2D eigenvalue weighted by atomic mass is 10.1. The molecule has 1 aromatic carbocycles. The van der Waals surface area contributed by atoms with E-state index in [-0.39, 0.29) is 11.5 Å². The molecule has 0 amide bonds. The van der Waals surface area contributed by atoms with Gasteiger partial charge >= 0.3 is 5.97 Å². The Hall–Kier alpha value is -1.82. The molecule has 2 rings (SSSR count). The molecule has 2 aromatic rings. The number of nitrogens with zero attached hydrogens (tertiary/aromatic N) is 2. The lowest BCUT2D eigenvalue weighted by Crippen LogP contribution is -2.01. The quantitative estimate of drug-likeness (QED) is 0.887. The molecule has 0 atom stereocenters. The summed E-state index contributed by atoms with van der Waals surface area (Å²) in [5, 5.41) is 12.3. The maximum Gasteiger partial charge on any atom is 0.357 e. The topological polar surface area (TPSA) is 63.1 Å². The fourth-order valence-corrected chi connectivity index (χ4v) is 1.94. The number of halogens is 1. The summed E-state index contributed by atoms with van der Waals surface area (Å²) in [5.74, 6) is -1.41. The molecule has 0 aliphatic carbocycles. The zero-order valence-electron chi connectivity index (χ0n) is 8.05. The summed E-state index contributed by atoms with van der Waals surface area (Å²) < 4.78 is 16.3. The van der Waals surface area contributed by atoms with Crippen LogP contribution in [0, 0.1) is 5.82 Å². The van der Waals surface area contributed by atoms with Crippen LogP contribution in [-0.2, 0) is 6.42 Å². The average Bonchev–Trinajstić information content (AvgIpc) is 2.69. The number of hydrogen-bond donors (Lipinski definition) is 1. The van der Waals surface area contributed by atoms with Crippen LogP contribution >= 0.6 is 11.5 Å². The van der Waals surface area contributed by atoms with Crippen molar-refractivity contribution in [1.82, 2.24) is 9.59 Å². The minimum absolute atomic E-state index is 0.0330. The first-order valence-electron chi connectivity index (χ1n) is 4.46. The molecule has 0 bridgehead atoms. The third-order valence-electron chi connectivity index (χ3n) is 2.04. The first-order valence-corrected chi connectivity index (χ1v) is 5.23. The van der Waals surface area contributed by atoms with Crippen LogP contribution in [0.3, 0.4) is 0 Å². The van der Waals surface area contributed by atoms with E-state index in [4.69, 9.17) is 5.11 Å². The molecule has 0 aliphatic rings. The highest BCUT2D eigenvalue weighted by Gasteiger charge is 2.15. The molecule has 0 radical (unpaired) electrons. The van der Waals surface area contributed by atoms with E-state index in [1.54, 1.807) is 12.1 Å².